The summed E-state index contributed by atoms with van der Waals surface area (Å²) in [6.45, 7) is 2.37. The van der Waals surface area contributed by atoms with E-state index in [4.69, 9.17) is 0 Å². The first kappa shape index (κ1) is 17.5. The fourth-order valence-corrected chi connectivity index (χ4v) is 5.27. The van der Waals surface area contributed by atoms with E-state index in [0.29, 0.717) is 36.0 Å². The first-order valence-corrected chi connectivity index (χ1v) is 9.76. The molecular formula is C19H33ClN2O. The van der Waals surface area contributed by atoms with Gasteiger partial charge in [-0.05, 0) is 76.0 Å². The molecule has 2 bridgehead atoms. The summed E-state index contributed by atoms with van der Waals surface area (Å²) in [4.78, 5) is 15.4. The van der Waals surface area contributed by atoms with Crippen LogP contribution in [0, 0.1) is 11.8 Å². The summed E-state index contributed by atoms with van der Waals surface area (Å²) < 4.78 is 0. The summed E-state index contributed by atoms with van der Waals surface area (Å²) in [5.74, 6) is 2.01. The van der Waals surface area contributed by atoms with Crippen LogP contribution >= 0.6 is 12.4 Å². The number of rotatable bonds is 4. The van der Waals surface area contributed by atoms with Gasteiger partial charge in [0, 0.05) is 30.6 Å². The van der Waals surface area contributed by atoms with Crippen molar-refractivity contribution in [3.8, 4) is 0 Å². The van der Waals surface area contributed by atoms with Gasteiger partial charge in [0.1, 0.15) is 0 Å². The molecule has 2 heterocycles. The number of fused-ring (bicyclic) bond motifs is 2. The molecule has 4 aliphatic rings. The molecular weight excluding hydrogens is 308 g/mol. The van der Waals surface area contributed by atoms with Gasteiger partial charge in [-0.1, -0.05) is 6.92 Å². The van der Waals surface area contributed by atoms with Crippen LogP contribution in [0.5, 0.6) is 0 Å². The van der Waals surface area contributed by atoms with Crippen LogP contribution in [0.3, 0.4) is 0 Å². The second-order valence-electron chi connectivity index (χ2n) is 8.63. The van der Waals surface area contributed by atoms with Crippen molar-refractivity contribution in [3.05, 3.63) is 0 Å². The number of halogens is 1. The number of nitrogens with zero attached hydrogens (tertiary/aromatic N) is 1. The van der Waals surface area contributed by atoms with Gasteiger partial charge in [0.2, 0.25) is 5.91 Å². The molecule has 4 rings (SSSR count). The predicted octanol–water partition coefficient (Wildman–Crippen LogP) is 3.90. The molecule has 2 saturated heterocycles. The fourth-order valence-electron chi connectivity index (χ4n) is 5.27. The fraction of sp³-hybridized carbons (Fsp3) is 0.947. The Balaban J connectivity index is 0.00000156. The number of amides is 1. The van der Waals surface area contributed by atoms with Crippen molar-refractivity contribution in [2.75, 3.05) is 0 Å². The van der Waals surface area contributed by atoms with Crippen LogP contribution in [-0.4, -0.2) is 35.0 Å². The molecule has 2 aliphatic carbocycles. The van der Waals surface area contributed by atoms with Crippen molar-refractivity contribution in [1.29, 1.82) is 0 Å². The van der Waals surface area contributed by atoms with Crippen molar-refractivity contribution >= 4 is 18.3 Å². The zero-order valence-corrected chi connectivity index (χ0v) is 15.3. The van der Waals surface area contributed by atoms with Crippen LogP contribution in [-0.2, 0) is 4.79 Å². The van der Waals surface area contributed by atoms with Gasteiger partial charge in [-0.2, -0.15) is 0 Å². The van der Waals surface area contributed by atoms with Crippen LogP contribution < -0.4 is 5.32 Å². The van der Waals surface area contributed by atoms with Gasteiger partial charge in [-0.3, -0.25) is 4.79 Å². The highest BCUT2D eigenvalue weighted by Gasteiger charge is 2.40. The molecule has 1 amide bonds. The number of piperidine rings is 1. The number of hydrogen-bond donors (Lipinski definition) is 1. The molecule has 0 aromatic rings. The van der Waals surface area contributed by atoms with Gasteiger partial charge >= 0.3 is 0 Å². The van der Waals surface area contributed by atoms with Crippen LogP contribution in [0.1, 0.15) is 77.6 Å². The van der Waals surface area contributed by atoms with Gasteiger partial charge in [0.05, 0.1) is 0 Å². The highest BCUT2D eigenvalue weighted by atomic mass is 35.5. The molecule has 3 nitrogen and oxygen atoms in total. The normalized spacial score (nSPS) is 39.6. The lowest BCUT2D eigenvalue weighted by atomic mass is 9.85. The van der Waals surface area contributed by atoms with E-state index in [1.807, 2.05) is 0 Å². The van der Waals surface area contributed by atoms with Crippen molar-refractivity contribution in [3.63, 3.8) is 0 Å². The molecule has 2 saturated carbocycles. The van der Waals surface area contributed by atoms with E-state index < -0.39 is 0 Å². The molecule has 132 valence electrons. The van der Waals surface area contributed by atoms with Gasteiger partial charge in [-0.25, -0.2) is 0 Å². The minimum atomic E-state index is 0. The van der Waals surface area contributed by atoms with Gasteiger partial charge in [-0.15, -0.1) is 12.4 Å². The van der Waals surface area contributed by atoms with E-state index in [2.05, 4.69) is 17.1 Å². The number of carbonyl (C=O) groups excluding carboxylic acids is 1. The average molecular weight is 341 g/mol. The maximum Gasteiger partial charge on any atom is 0.223 e. The minimum Gasteiger partial charge on any atom is -0.337 e. The second kappa shape index (κ2) is 7.31. The largest absolute Gasteiger partial charge is 0.337 e. The van der Waals surface area contributed by atoms with E-state index in [0.717, 1.165) is 12.3 Å². The van der Waals surface area contributed by atoms with E-state index in [9.17, 15) is 4.79 Å². The molecule has 4 heteroatoms. The third-order valence-corrected chi connectivity index (χ3v) is 6.64. The molecule has 23 heavy (non-hydrogen) atoms. The van der Waals surface area contributed by atoms with Crippen molar-refractivity contribution in [2.24, 2.45) is 11.8 Å². The Kier molecular flexibility index (Phi) is 5.57. The Bertz CT molecular complexity index is 406. The van der Waals surface area contributed by atoms with E-state index in [1.165, 1.54) is 64.2 Å². The van der Waals surface area contributed by atoms with Gasteiger partial charge in [0.15, 0.2) is 0 Å². The molecule has 0 radical (unpaired) electrons. The molecule has 0 aromatic heterocycles. The van der Waals surface area contributed by atoms with Crippen LogP contribution in [0.15, 0.2) is 0 Å². The van der Waals surface area contributed by atoms with Gasteiger partial charge in [0.25, 0.3) is 0 Å². The molecule has 0 aromatic carbocycles. The van der Waals surface area contributed by atoms with Crippen LogP contribution in [0.25, 0.3) is 0 Å². The quantitative estimate of drug-likeness (QED) is 0.841. The zero-order chi connectivity index (χ0) is 15.1. The third kappa shape index (κ3) is 4.04. The standard InChI is InChI=1S/C19H32N2O.ClH/c1-13-2-6-17(7-3-13)21(18-8-9-18)19(22)12-14-10-15-4-5-16(11-14)20-15;/h13-18,20H,2-12H2,1H3;1H. The Labute approximate surface area is 147 Å². The first-order valence-electron chi connectivity index (χ1n) is 9.76. The lowest BCUT2D eigenvalue weighted by molar-refractivity contribution is -0.136. The van der Waals surface area contributed by atoms with Crippen molar-refractivity contribution in [2.45, 2.75) is 102 Å². The van der Waals surface area contributed by atoms with E-state index >= 15 is 0 Å². The van der Waals surface area contributed by atoms with E-state index in [-0.39, 0.29) is 12.4 Å². The third-order valence-electron chi connectivity index (χ3n) is 6.64. The molecule has 2 unspecified atom stereocenters. The topological polar surface area (TPSA) is 32.3 Å². The summed E-state index contributed by atoms with van der Waals surface area (Å²) in [6.07, 6.45) is 13.6. The molecule has 0 spiro atoms. The van der Waals surface area contributed by atoms with Gasteiger partial charge < -0.3 is 10.2 Å². The summed E-state index contributed by atoms with van der Waals surface area (Å²) in [5, 5.41) is 3.70. The number of nitrogens with one attached hydrogen (secondary N) is 1. The summed E-state index contributed by atoms with van der Waals surface area (Å²) in [5.41, 5.74) is 0. The maximum absolute atomic E-state index is 13.0. The monoisotopic (exact) mass is 340 g/mol. The van der Waals surface area contributed by atoms with Crippen LogP contribution in [0.2, 0.25) is 0 Å². The SMILES string of the molecule is CC1CCC(N(C(=O)CC2CC3CCC(C2)N3)C2CC2)CC1.Cl. The first-order chi connectivity index (χ1) is 10.7. The van der Waals surface area contributed by atoms with Crippen molar-refractivity contribution in [1.82, 2.24) is 10.2 Å². The smallest absolute Gasteiger partial charge is 0.223 e. The second-order valence-corrected chi connectivity index (χ2v) is 8.63. The highest BCUT2D eigenvalue weighted by molar-refractivity contribution is 5.85. The minimum absolute atomic E-state index is 0. The highest BCUT2D eigenvalue weighted by Crippen LogP contribution is 2.38. The molecule has 1 N–H and O–H groups in total. The lowest BCUT2D eigenvalue weighted by Gasteiger charge is -2.38. The van der Waals surface area contributed by atoms with Crippen LogP contribution in [0.4, 0.5) is 0 Å². The summed E-state index contributed by atoms with van der Waals surface area (Å²) in [6, 6.07) is 2.59. The molecule has 2 atom stereocenters. The molecule has 2 aliphatic heterocycles. The molecule has 4 fully saturated rings. The predicted molar refractivity (Wildman–Crippen MR) is 95.8 cm³/mol. The lowest BCUT2D eigenvalue weighted by Crippen LogP contribution is -2.45. The Morgan fingerprint density at radius 2 is 1.43 bits per heavy atom. The maximum atomic E-state index is 13.0. The Hall–Kier alpha value is -0.280. The summed E-state index contributed by atoms with van der Waals surface area (Å²) >= 11 is 0. The number of hydrogen-bond acceptors (Lipinski definition) is 2. The van der Waals surface area contributed by atoms with E-state index in [1.54, 1.807) is 0 Å². The summed E-state index contributed by atoms with van der Waals surface area (Å²) in [7, 11) is 0. The average Bonchev–Trinajstić information content (AvgIpc) is 3.26. The zero-order valence-electron chi connectivity index (χ0n) is 14.5. The Morgan fingerprint density at radius 3 is 1.96 bits per heavy atom. The number of carbonyl (C=O) groups is 1. The Morgan fingerprint density at radius 1 is 0.913 bits per heavy atom. The van der Waals surface area contributed by atoms with Crippen molar-refractivity contribution < 1.29 is 4.79 Å².